The average Bonchev–Trinajstić information content (AvgIpc) is 2.22. The molecule has 0 radical (unpaired) electrons. The minimum Gasteiger partial charge on any atom is -0.397 e. The Labute approximate surface area is 101 Å². The fourth-order valence-corrected chi connectivity index (χ4v) is 2.59. The van der Waals surface area contributed by atoms with Crippen LogP contribution in [0.2, 0.25) is 0 Å². The van der Waals surface area contributed by atoms with Gasteiger partial charge in [-0.3, -0.25) is 4.99 Å². The second-order valence-corrected chi connectivity index (χ2v) is 4.75. The van der Waals surface area contributed by atoms with Crippen LogP contribution in [0.15, 0.2) is 4.99 Å². The molecule has 0 fully saturated rings. The molecule has 2 rings (SSSR count). The van der Waals surface area contributed by atoms with Crippen LogP contribution in [0.3, 0.4) is 0 Å². The summed E-state index contributed by atoms with van der Waals surface area (Å²) < 4.78 is 0. The van der Waals surface area contributed by atoms with Gasteiger partial charge in [0.15, 0.2) is 0 Å². The zero-order valence-electron chi connectivity index (χ0n) is 10.0. The van der Waals surface area contributed by atoms with E-state index in [4.69, 9.17) is 22.9 Å². The molecule has 1 aromatic carbocycles. The zero-order chi connectivity index (χ0) is 12.7. The fraction of sp³-hybridized carbons (Fsp3) is 0.417. The Morgan fingerprint density at radius 2 is 1.94 bits per heavy atom. The Morgan fingerprint density at radius 3 is 2.47 bits per heavy atom. The van der Waals surface area contributed by atoms with E-state index in [2.05, 4.69) is 11.7 Å². The van der Waals surface area contributed by atoms with Gasteiger partial charge in [0.2, 0.25) is 0 Å². The smallest absolute Gasteiger partial charge is 0.110 e. The minimum absolute atomic E-state index is 0.146. The maximum Gasteiger partial charge on any atom is 0.110 e. The van der Waals surface area contributed by atoms with Crippen molar-refractivity contribution >= 4 is 29.5 Å². The van der Waals surface area contributed by atoms with Crippen LogP contribution in [0.4, 0.5) is 22.7 Å². The SMILES string of the molecule is C=Nc1c(N)c(N)c2c(c1N)CC2C[C@H](C)N. The molecule has 0 saturated heterocycles. The molecule has 1 unspecified atom stereocenters. The van der Waals surface area contributed by atoms with E-state index in [1.165, 1.54) is 0 Å². The van der Waals surface area contributed by atoms with Crippen molar-refractivity contribution in [2.24, 2.45) is 10.7 Å². The third-order valence-electron chi connectivity index (χ3n) is 3.41. The normalized spacial score (nSPS) is 19.3. The van der Waals surface area contributed by atoms with E-state index >= 15 is 0 Å². The monoisotopic (exact) mass is 233 g/mol. The van der Waals surface area contributed by atoms with E-state index < -0.39 is 0 Å². The first-order valence-electron chi connectivity index (χ1n) is 5.68. The molecule has 5 nitrogen and oxygen atoms in total. The summed E-state index contributed by atoms with van der Waals surface area (Å²) in [5, 5.41) is 0. The van der Waals surface area contributed by atoms with Crippen molar-refractivity contribution in [1.82, 2.24) is 0 Å². The first-order valence-corrected chi connectivity index (χ1v) is 5.68. The molecule has 0 heterocycles. The minimum atomic E-state index is 0.146. The van der Waals surface area contributed by atoms with Gasteiger partial charge in [0.25, 0.3) is 0 Å². The highest BCUT2D eigenvalue weighted by Crippen LogP contribution is 2.51. The first kappa shape index (κ1) is 11.7. The van der Waals surface area contributed by atoms with E-state index in [0.29, 0.717) is 28.7 Å². The van der Waals surface area contributed by atoms with Crippen LogP contribution in [0.1, 0.15) is 30.4 Å². The number of nitrogen functional groups attached to an aromatic ring is 3. The lowest BCUT2D eigenvalue weighted by Crippen LogP contribution is -2.28. The Hall–Kier alpha value is -1.75. The van der Waals surface area contributed by atoms with Gasteiger partial charge < -0.3 is 22.9 Å². The molecule has 0 bridgehead atoms. The van der Waals surface area contributed by atoms with Crippen molar-refractivity contribution in [3.8, 4) is 0 Å². The molecule has 0 aliphatic heterocycles. The number of hydrogen-bond acceptors (Lipinski definition) is 5. The summed E-state index contributed by atoms with van der Waals surface area (Å²) in [5.41, 5.74) is 28.0. The highest BCUT2D eigenvalue weighted by molar-refractivity contribution is 5.93. The van der Waals surface area contributed by atoms with E-state index in [1.54, 1.807) is 0 Å². The lowest BCUT2D eigenvalue weighted by molar-refractivity contribution is 0.510. The Morgan fingerprint density at radius 1 is 1.29 bits per heavy atom. The molecule has 8 N–H and O–H groups in total. The summed E-state index contributed by atoms with van der Waals surface area (Å²) >= 11 is 0. The van der Waals surface area contributed by atoms with Crippen LogP contribution in [-0.2, 0) is 6.42 Å². The first-order chi connectivity index (χ1) is 7.97. The Balaban J connectivity index is 2.48. The molecule has 1 aromatic rings. The highest BCUT2D eigenvalue weighted by Gasteiger charge is 2.33. The van der Waals surface area contributed by atoms with Gasteiger partial charge in [0, 0.05) is 6.04 Å². The van der Waals surface area contributed by atoms with Gasteiger partial charge in [0.1, 0.15) is 5.69 Å². The van der Waals surface area contributed by atoms with Crippen molar-refractivity contribution in [2.75, 3.05) is 17.2 Å². The average molecular weight is 233 g/mol. The molecule has 0 amide bonds. The number of nitrogens with zero attached hydrogens (tertiary/aromatic N) is 1. The van der Waals surface area contributed by atoms with Crippen molar-refractivity contribution in [3.05, 3.63) is 11.1 Å². The van der Waals surface area contributed by atoms with Crippen LogP contribution in [0.5, 0.6) is 0 Å². The Kier molecular flexibility index (Phi) is 2.71. The standard InChI is InChI=1S/C12H19N5/c1-5(13)3-6-4-7-8(6)10(15)11(16)12(17-2)9(7)14/h5-6H,2-4,13-16H2,1H3/t5-,6?/m0/s1. The fourth-order valence-electron chi connectivity index (χ4n) is 2.59. The molecule has 92 valence electrons. The van der Waals surface area contributed by atoms with Gasteiger partial charge >= 0.3 is 0 Å². The lowest BCUT2D eigenvalue weighted by Gasteiger charge is -2.35. The summed E-state index contributed by atoms with van der Waals surface area (Å²) in [6.07, 6.45) is 1.80. The number of benzene rings is 1. The summed E-state index contributed by atoms with van der Waals surface area (Å²) in [6, 6.07) is 0.146. The summed E-state index contributed by atoms with van der Waals surface area (Å²) in [4.78, 5) is 3.85. The highest BCUT2D eigenvalue weighted by atomic mass is 14.8. The molecule has 0 saturated carbocycles. The molecule has 1 aliphatic rings. The van der Waals surface area contributed by atoms with Crippen LogP contribution in [-0.4, -0.2) is 12.8 Å². The third kappa shape index (κ3) is 1.63. The van der Waals surface area contributed by atoms with Gasteiger partial charge in [-0.1, -0.05) is 0 Å². The zero-order valence-corrected chi connectivity index (χ0v) is 10.0. The van der Waals surface area contributed by atoms with E-state index in [1.807, 2.05) is 6.92 Å². The molecule has 17 heavy (non-hydrogen) atoms. The summed E-state index contributed by atoms with van der Waals surface area (Å²) in [7, 11) is 0. The van der Waals surface area contributed by atoms with Crippen molar-refractivity contribution in [3.63, 3.8) is 0 Å². The van der Waals surface area contributed by atoms with Crippen LogP contribution >= 0.6 is 0 Å². The van der Waals surface area contributed by atoms with Crippen LogP contribution < -0.4 is 22.9 Å². The van der Waals surface area contributed by atoms with Crippen molar-refractivity contribution < 1.29 is 0 Å². The molecule has 0 spiro atoms. The number of fused-ring (bicyclic) bond motifs is 1. The van der Waals surface area contributed by atoms with Gasteiger partial charge in [-0.05, 0) is 43.5 Å². The number of aliphatic imine (C=N–C) groups is 1. The van der Waals surface area contributed by atoms with Gasteiger partial charge in [-0.25, -0.2) is 0 Å². The van der Waals surface area contributed by atoms with Crippen molar-refractivity contribution in [2.45, 2.75) is 31.7 Å². The predicted molar refractivity (Wildman–Crippen MR) is 73.6 cm³/mol. The Bertz CT molecular complexity index is 455. The second-order valence-electron chi connectivity index (χ2n) is 4.75. The third-order valence-corrected chi connectivity index (χ3v) is 3.41. The number of nitrogens with two attached hydrogens (primary N) is 4. The predicted octanol–water partition coefficient (Wildman–Crippen LogP) is 1.14. The van der Waals surface area contributed by atoms with E-state index in [9.17, 15) is 0 Å². The quantitative estimate of drug-likeness (QED) is 0.462. The largest absolute Gasteiger partial charge is 0.397 e. The maximum absolute atomic E-state index is 6.04. The van der Waals surface area contributed by atoms with Gasteiger partial charge in [-0.15, -0.1) is 0 Å². The topological polar surface area (TPSA) is 116 Å². The number of anilines is 3. The molecule has 2 atom stereocenters. The van der Waals surface area contributed by atoms with E-state index in [0.717, 1.165) is 24.0 Å². The van der Waals surface area contributed by atoms with Crippen molar-refractivity contribution in [1.29, 1.82) is 0 Å². The second kappa shape index (κ2) is 3.92. The van der Waals surface area contributed by atoms with Gasteiger partial charge in [-0.2, -0.15) is 0 Å². The lowest BCUT2D eigenvalue weighted by atomic mass is 9.72. The number of rotatable bonds is 3. The molecule has 1 aliphatic carbocycles. The van der Waals surface area contributed by atoms with Crippen LogP contribution in [0.25, 0.3) is 0 Å². The van der Waals surface area contributed by atoms with Gasteiger partial charge in [0.05, 0.1) is 17.1 Å². The molecular weight excluding hydrogens is 214 g/mol. The summed E-state index contributed by atoms with van der Waals surface area (Å²) in [5.74, 6) is 0.369. The van der Waals surface area contributed by atoms with Crippen LogP contribution in [0, 0.1) is 0 Å². The molecule has 0 aromatic heterocycles. The molecule has 5 heteroatoms. The maximum atomic E-state index is 6.04. The molecular formula is C12H19N5. The summed E-state index contributed by atoms with van der Waals surface area (Å²) in [6.45, 7) is 5.46. The van der Waals surface area contributed by atoms with E-state index in [-0.39, 0.29) is 6.04 Å². The number of hydrogen-bond donors (Lipinski definition) is 4.